The van der Waals surface area contributed by atoms with E-state index >= 15 is 0 Å². The Balaban J connectivity index is 0.000000166. The Morgan fingerprint density at radius 1 is 0.438 bits per heavy atom. The molecule has 128 heavy (non-hydrogen) atoms. The van der Waals surface area contributed by atoms with Crippen molar-refractivity contribution in [2.24, 2.45) is 0 Å². The van der Waals surface area contributed by atoms with E-state index in [1.807, 2.05) is 176 Å². The number of amides is 3. The summed E-state index contributed by atoms with van der Waals surface area (Å²) in [5, 5.41) is 62.9. The number of methoxy groups -OCH3 is 3. The highest BCUT2D eigenvalue weighted by Gasteiger charge is 2.36. The fourth-order valence-electron chi connectivity index (χ4n) is 14.3. The van der Waals surface area contributed by atoms with Crippen LogP contribution in [0.3, 0.4) is 0 Å². The quantitative estimate of drug-likeness (QED) is 0.0293. The number of rotatable bonds is 23. The number of aryl methyl sites for hydroxylation is 6. The first-order valence-electron chi connectivity index (χ1n) is 42.6. The molecule has 10 aromatic heterocycles. The van der Waals surface area contributed by atoms with Crippen molar-refractivity contribution >= 4 is 63.2 Å². The molecule has 686 valence electrons. The summed E-state index contributed by atoms with van der Waals surface area (Å²) in [4.78, 5) is 69.0. The van der Waals surface area contributed by atoms with Gasteiger partial charge in [0.15, 0.2) is 60.9 Å². The number of aromatic nitrogens is 16. The van der Waals surface area contributed by atoms with Gasteiger partial charge < -0.3 is 93.1 Å². The molecule has 0 radical (unpaired) electrons. The fourth-order valence-corrected chi connectivity index (χ4v) is 14.6. The second-order valence-corrected chi connectivity index (χ2v) is 35.4. The van der Waals surface area contributed by atoms with Gasteiger partial charge in [0.2, 0.25) is 0 Å². The van der Waals surface area contributed by atoms with Crippen molar-refractivity contribution in [3.63, 3.8) is 0 Å². The van der Waals surface area contributed by atoms with E-state index in [1.54, 1.807) is 59.6 Å². The minimum Gasteiger partial charge on any atom is -0.506 e. The molecular formula is C89H120BrN25O13. The predicted octanol–water partition coefficient (Wildman–Crippen LogP) is 11.9. The number of nitrogens with two attached hydrogens (primary N) is 1. The summed E-state index contributed by atoms with van der Waals surface area (Å²) in [5.74, 6) is 4.82. The second-order valence-electron chi connectivity index (χ2n) is 34.5. The molecule has 4 saturated heterocycles. The summed E-state index contributed by atoms with van der Waals surface area (Å²) in [6, 6.07) is 22.7. The van der Waals surface area contributed by atoms with Gasteiger partial charge in [-0.15, -0.1) is 40.8 Å². The van der Waals surface area contributed by atoms with Crippen molar-refractivity contribution in [3.8, 4) is 68.5 Å². The monoisotopic (exact) mass is 1830 g/mol. The molecule has 6 N–H and O–H groups in total. The van der Waals surface area contributed by atoms with E-state index in [1.165, 1.54) is 18.2 Å². The zero-order valence-corrected chi connectivity index (χ0v) is 77.9. The number of pyridine rings is 4. The number of H-pyrrole nitrogens is 2. The molecule has 14 rings (SSSR count). The van der Waals surface area contributed by atoms with Crippen LogP contribution in [0.1, 0.15) is 124 Å². The maximum absolute atomic E-state index is 12.5. The lowest BCUT2D eigenvalue weighted by Gasteiger charge is -2.40. The molecule has 0 aromatic carbocycles. The number of aromatic hydroxyl groups is 1. The molecule has 4 aliphatic heterocycles. The summed E-state index contributed by atoms with van der Waals surface area (Å²) >= 11 is 3.40. The van der Waals surface area contributed by atoms with Crippen LogP contribution in [0.15, 0.2) is 114 Å². The van der Waals surface area contributed by atoms with E-state index in [9.17, 15) is 19.5 Å². The molecule has 0 spiro atoms. The third-order valence-corrected chi connectivity index (χ3v) is 21.2. The summed E-state index contributed by atoms with van der Waals surface area (Å²) in [6.07, 6.45) is 13.0. The van der Waals surface area contributed by atoms with Gasteiger partial charge in [-0.25, -0.2) is 24.4 Å². The van der Waals surface area contributed by atoms with Crippen LogP contribution in [0.2, 0.25) is 0 Å². The summed E-state index contributed by atoms with van der Waals surface area (Å²) in [5.41, 5.74) is 15.8. The molecule has 14 heterocycles. The minimum atomic E-state index is -0.522. The Morgan fingerprint density at radius 3 is 1.13 bits per heavy atom. The van der Waals surface area contributed by atoms with Crippen LogP contribution >= 0.6 is 15.9 Å². The van der Waals surface area contributed by atoms with E-state index in [0.717, 1.165) is 95.6 Å². The number of anilines is 5. The molecule has 39 heteroatoms. The van der Waals surface area contributed by atoms with Crippen LogP contribution in [-0.4, -0.2) is 280 Å². The largest absolute Gasteiger partial charge is 0.506 e. The molecule has 4 atom stereocenters. The van der Waals surface area contributed by atoms with E-state index < -0.39 is 16.8 Å². The maximum atomic E-state index is 12.5. The SMILES string of the molecule is COCOc1cc(Br)cnc1-c1ccc(N2CCN(C(=O)OC(C)(C)C)C(C)C2)nn1.COCOc1cc(CCc2cn[nH]c2C)cnc1-c1ccc(N2CCN(C(=O)OC(C)(C)C)C(C)C2)nn1.COCOc1cc(N)cnc1-c1ccc(N2CCN(C(=O)OC(C)(C)C)C(C)C2)nn1.Cc1[nH]ncc1CCc1cnc(-c2ccc(N3CCNC(C)C3)nn2)c(O)c1. The van der Waals surface area contributed by atoms with Gasteiger partial charge in [-0.3, -0.25) is 20.2 Å². The van der Waals surface area contributed by atoms with Gasteiger partial charge in [0.05, 0.1) is 24.3 Å². The number of nitrogen functional groups attached to an aromatic ring is 1. The normalized spacial score (nSPS) is 16.7. The van der Waals surface area contributed by atoms with E-state index in [2.05, 4.69) is 129 Å². The Bertz CT molecular complexity index is 5100. The van der Waals surface area contributed by atoms with Crippen LogP contribution in [0, 0.1) is 13.8 Å². The highest BCUT2D eigenvalue weighted by atomic mass is 79.9. The zero-order valence-electron chi connectivity index (χ0n) is 76.3. The van der Waals surface area contributed by atoms with Gasteiger partial charge in [0.25, 0.3) is 0 Å². The predicted molar refractivity (Wildman–Crippen MR) is 487 cm³/mol. The lowest BCUT2D eigenvalue weighted by Crippen LogP contribution is -2.55. The first-order chi connectivity index (χ1) is 61.1. The number of nitrogens with one attached hydrogen (secondary N) is 3. The van der Waals surface area contributed by atoms with Crippen molar-refractivity contribution in [1.82, 2.24) is 101 Å². The molecule has 4 fully saturated rings. The lowest BCUT2D eigenvalue weighted by molar-refractivity contribution is 0.0147. The molecule has 3 amide bonds. The zero-order chi connectivity index (χ0) is 92.0. The van der Waals surface area contributed by atoms with Gasteiger partial charge >= 0.3 is 18.3 Å². The van der Waals surface area contributed by atoms with Crippen molar-refractivity contribution in [2.75, 3.05) is 146 Å². The van der Waals surface area contributed by atoms with Crippen LogP contribution < -0.4 is 44.9 Å². The molecule has 0 saturated carbocycles. The lowest BCUT2D eigenvalue weighted by atomic mass is 10.1. The Morgan fingerprint density at radius 2 is 0.789 bits per heavy atom. The molecule has 0 aliphatic carbocycles. The number of piperazine rings is 4. The number of carbonyl (C=O) groups is 3. The van der Waals surface area contributed by atoms with Crippen LogP contribution in [0.25, 0.3) is 45.6 Å². The number of carbonyl (C=O) groups excluding carboxylic acids is 3. The minimum absolute atomic E-state index is 0.00716. The van der Waals surface area contributed by atoms with Crippen LogP contribution in [0.4, 0.5) is 43.3 Å². The Labute approximate surface area is 755 Å². The van der Waals surface area contributed by atoms with Gasteiger partial charge in [-0.1, -0.05) is 0 Å². The Kier molecular flexibility index (Phi) is 33.4. The Hall–Kier alpha value is -12.3. The number of ether oxygens (including phenoxy) is 9. The van der Waals surface area contributed by atoms with Crippen LogP contribution in [0.5, 0.6) is 23.0 Å². The molecule has 4 unspecified atom stereocenters. The average Bonchev–Trinajstić information content (AvgIpc) is 0.942. The van der Waals surface area contributed by atoms with Crippen molar-refractivity contribution in [2.45, 2.75) is 171 Å². The topological polar surface area (TPSA) is 427 Å². The fraction of sp³-hybridized carbons (Fsp3) is 0.494. The summed E-state index contributed by atoms with van der Waals surface area (Å²) in [6.45, 7) is 37.6. The third-order valence-electron chi connectivity index (χ3n) is 20.8. The van der Waals surface area contributed by atoms with Crippen LogP contribution in [-0.2, 0) is 54.1 Å². The third kappa shape index (κ3) is 27.4. The van der Waals surface area contributed by atoms with Gasteiger partial charge in [0, 0.05) is 165 Å². The first kappa shape index (κ1) is 96.3. The second kappa shape index (κ2) is 44.4. The molecular weight excluding hydrogens is 1710 g/mol. The average molecular weight is 1830 g/mol. The first-order valence-corrected chi connectivity index (χ1v) is 43.4. The van der Waals surface area contributed by atoms with Gasteiger partial charge in [0.1, 0.15) is 68.1 Å². The van der Waals surface area contributed by atoms with Gasteiger partial charge in [-0.2, -0.15) is 10.2 Å². The number of hydrogen-bond donors (Lipinski definition) is 5. The number of nitrogens with zero attached hydrogens (tertiary/aromatic N) is 21. The van der Waals surface area contributed by atoms with Crippen molar-refractivity contribution in [1.29, 1.82) is 0 Å². The van der Waals surface area contributed by atoms with E-state index in [-0.39, 0.29) is 62.5 Å². The summed E-state index contributed by atoms with van der Waals surface area (Å²) < 4.78 is 49.5. The van der Waals surface area contributed by atoms with Gasteiger partial charge in [-0.05, 0) is 234 Å². The number of aromatic amines is 2. The molecule has 10 aromatic rings. The van der Waals surface area contributed by atoms with E-state index in [4.69, 9.17) is 48.4 Å². The molecule has 38 nitrogen and oxygen atoms in total. The number of halogens is 1. The standard InChI is InChI=1S/C27H37N7O4.C21H28BrN5O4.C21H30N6O4.C20H25N7O/c1-18-16-33(11-12-34(18)26(35)38-27(3,4)5)24-10-9-22(31-32-24)25-23(37-17-36-6)13-20(14-28-25)7-8-21-15-29-30-19(21)2;2*1-14-12-26(8-9-27(14)20(28)31-21(2,3)4)18-7-6-16(24-25-18)19-17(30-13-29-5)10-15(22)11-23-19;1-13-12-27(8-7-21-13)19-6-5-17(25-26-19)20-18(28)9-15(10-22-20)3-4-16-11-23-24-14(16)2/h9-10,13-15,18H,7-8,11-12,16-17H2,1-6H3,(H,29,30);6-7,10-11,14H,8-9,12-13H2,1-5H3;6-7,10-11,14H,8-9,12-13,22H2,1-5H3;5-6,9-11,13,21,28H,3-4,7-8,12H2,1-2H3,(H,23,24). The molecule has 4 aliphatic rings. The molecule has 0 bridgehead atoms. The number of hydrogen-bond acceptors (Lipinski definition) is 33. The highest BCUT2D eigenvalue weighted by molar-refractivity contribution is 9.10. The van der Waals surface area contributed by atoms with Crippen molar-refractivity contribution in [3.05, 3.63) is 148 Å². The van der Waals surface area contributed by atoms with Crippen molar-refractivity contribution < 1.29 is 62.1 Å². The van der Waals surface area contributed by atoms with E-state index in [0.29, 0.717) is 133 Å². The summed E-state index contributed by atoms with van der Waals surface area (Å²) in [7, 11) is 4.68. The smallest absolute Gasteiger partial charge is 0.410 e. The highest BCUT2D eigenvalue weighted by Crippen LogP contribution is 2.35. The maximum Gasteiger partial charge on any atom is 0.410 e.